The number of rotatable bonds is 6. The summed E-state index contributed by atoms with van der Waals surface area (Å²) in [5.74, 6) is 1.57. The average Bonchev–Trinajstić information content (AvgIpc) is 2.73. The van der Waals surface area contributed by atoms with Gasteiger partial charge >= 0.3 is 0 Å². The van der Waals surface area contributed by atoms with E-state index in [-0.39, 0.29) is 5.82 Å². The topological polar surface area (TPSA) is 55.8 Å². The Morgan fingerprint density at radius 2 is 1.75 bits per heavy atom. The molecule has 0 saturated carbocycles. The number of halogens is 1. The van der Waals surface area contributed by atoms with Crippen LogP contribution in [0.3, 0.4) is 0 Å². The lowest BCUT2D eigenvalue weighted by atomic mass is 10.1. The maximum Gasteiger partial charge on any atom is 0.191 e. The van der Waals surface area contributed by atoms with Crippen LogP contribution in [-0.2, 0) is 13.0 Å². The Bertz CT molecular complexity index is 751. The summed E-state index contributed by atoms with van der Waals surface area (Å²) >= 11 is 0. The minimum absolute atomic E-state index is 0.207. The van der Waals surface area contributed by atoms with Crippen molar-refractivity contribution >= 4 is 11.8 Å². The van der Waals surface area contributed by atoms with Crippen molar-refractivity contribution in [1.29, 1.82) is 0 Å². The van der Waals surface area contributed by atoms with Crippen molar-refractivity contribution < 1.29 is 4.39 Å². The molecule has 28 heavy (non-hydrogen) atoms. The first-order chi connectivity index (χ1) is 13.6. The van der Waals surface area contributed by atoms with Gasteiger partial charge < -0.3 is 20.4 Å². The Hall–Kier alpha value is -2.67. The molecule has 0 spiro atoms. The molecule has 0 radical (unpaired) electrons. The van der Waals surface area contributed by atoms with Gasteiger partial charge in [0.25, 0.3) is 0 Å². The van der Waals surface area contributed by atoms with E-state index in [1.165, 1.54) is 12.1 Å². The summed E-state index contributed by atoms with van der Waals surface area (Å²) in [6.07, 6.45) is 2.73. The van der Waals surface area contributed by atoms with Crippen molar-refractivity contribution in [2.24, 2.45) is 4.99 Å². The van der Waals surface area contributed by atoms with E-state index in [0.717, 1.165) is 62.0 Å². The number of aromatic nitrogens is 1. The summed E-state index contributed by atoms with van der Waals surface area (Å²) in [5, 5.41) is 6.59. The second-order valence-electron chi connectivity index (χ2n) is 7.04. The number of anilines is 1. The summed E-state index contributed by atoms with van der Waals surface area (Å²) < 4.78 is 12.9. The number of nitrogens with zero attached hydrogens (tertiary/aromatic N) is 4. The van der Waals surface area contributed by atoms with E-state index >= 15 is 0 Å². The molecule has 6 nitrogen and oxygen atoms in total. The Kier molecular flexibility index (Phi) is 7.19. The molecular weight excluding hydrogens is 355 g/mol. The number of pyridine rings is 1. The van der Waals surface area contributed by atoms with Crippen molar-refractivity contribution in [3.63, 3.8) is 0 Å². The standard InChI is InChI=1S/C21H29FN6/c1-23-21(24-10-9-17-3-6-19(22)7-4-17)26-16-18-5-8-20(25-15-18)28-13-11-27(2)12-14-28/h3-8,15H,9-14,16H2,1-2H3,(H2,23,24,26). The fourth-order valence-electron chi connectivity index (χ4n) is 3.13. The molecule has 1 fully saturated rings. The van der Waals surface area contributed by atoms with Crippen LogP contribution in [0.5, 0.6) is 0 Å². The summed E-state index contributed by atoms with van der Waals surface area (Å²) in [4.78, 5) is 13.5. The normalized spacial score (nSPS) is 15.5. The first-order valence-corrected chi connectivity index (χ1v) is 9.71. The van der Waals surface area contributed by atoms with Crippen LogP contribution < -0.4 is 15.5 Å². The number of likely N-dealkylation sites (N-methyl/N-ethyl adjacent to an activating group) is 1. The predicted octanol–water partition coefficient (Wildman–Crippen LogP) is 1.88. The number of piperazine rings is 1. The molecule has 1 aromatic heterocycles. The minimum Gasteiger partial charge on any atom is -0.356 e. The fraction of sp³-hybridized carbons (Fsp3) is 0.429. The van der Waals surface area contributed by atoms with Crippen LogP contribution in [-0.4, -0.2) is 62.7 Å². The summed E-state index contributed by atoms with van der Waals surface area (Å²) in [6, 6.07) is 10.8. The van der Waals surface area contributed by atoms with Crippen LogP contribution in [0.2, 0.25) is 0 Å². The van der Waals surface area contributed by atoms with E-state index in [1.54, 1.807) is 19.2 Å². The van der Waals surface area contributed by atoms with Gasteiger partial charge in [-0.1, -0.05) is 18.2 Å². The lowest BCUT2D eigenvalue weighted by molar-refractivity contribution is 0.312. The maximum absolute atomic E-state index is 12.9. The van der Waals surface area contributed by atoms with Crippen LogP contribution in [0.4, 0.5) is 10.2 Å². The van der Waals surface area contributed by atoms with Crippen molar-refractivity contribution in [2.45, 2.75) is 13.0 Å². The highest BCUT2D eigenvalue weighted by atomic mass is 19.1. The third-order valence-electron chi connectivity index (χ3n) is 4.94. The van der Waals surface area contributed by atoms with E-state index in [2.05, 4.69) is 49.6 Å². The molecule has 0 aliphatic carbocycles. The second kappa shape index (κ2) is 10.0. The Labute approximate surface area is 166 Å². The van der Waals surface area contributed by atoms with Gasteiger partial charge in [-0.3, -0.25) is 4.99 Å². The lowest BCUT2D eigenvalue weighted by Gasteiger charge is -2.33. The minimum atomic E-state index is -0.207. The fourth-order valence-corrected chi connectivity index (χ4v) is 3.13. The quantitative estimate of drug-likeness (QED) is 0.588. The van der Waals surface area contributed by atoms with Crippen molar-refractivity contribution in [3.05, 3.63) is 59.5 Å². The van der Waals surface area contributed by atoms with Crippen molar-refractivity contribution in [1.82, 2.24) is 20.5 Å². The van der Waals surface area contributed by atoms with Gasteiger partial charge in [0.2, 0.25) is 0 Å². The first kappa shape index (κ1) is 20.1. The molecule has 2 N–H and O–H groups in total. The SMILES string of the molecule is CN=C(NCCc1ccc(F)cc1)NCc1ccc(N2CCN(C)CC2)nc1. The third-order valence-corrected chi connectivity index (χ3v) is 4.94. The van der Waals surface area contributed by atoms with E-state index < -0.39 is 0 Å². The first-order valence-electron chi connectivity index (χ1n) is 9.71. The summed E-state index contributed by atoms with van der Waals surface area (Å²) in [7, 11) is 3.90. The van der Waals surface area contributed by atoms with Crippen molar-refractivity contribution in [3.8, 4) is 0 Å². The maximum atomic E-state index is 12.9. The molecule has 2 heterocycles. The monoisotopic (exact) mass is 384 g/mol. The molecule has 150 valence electrons. The van der Waals surface area contributed by atoms with Crippen molar-refractivity contribution in [2.75, 3.05) is 51.7 Å². The molecule has 1 aromatic carbocycles. The zero-order valence-corrected chi connectivity index (χ0v) is 16.7. The van der Waals surface area contributed by atoms with Gasteiger partial charge in [0.05, 0.1) is 0 Å². The van der Waals surface area contributed by atoms with Gasteiger partial charge in [0, 0.05) is 52.5 Å². The van der Waals surface area contributed by atoms with Gasteiger partial charge in [-0.2, -0.15) is 0 Å². The van der Waals surface area contributed by atoms with Gasteiger partial charge in [0.1, 0.15) is 11.6 Å². The number of nitrogens with one attached hydrogen (secondary N) is 2. The predicted molar refractivity (Wildman–Crippen MR) is 112 cm³/mol. The van der Waals surface area contributed by atoms with E-state index in [4.69, 9.17) is 0 Å². The Balaban J connectivity index is 1.42. The molecule has 3 rings (SSSR count). The summed E-state index contributed by atoms with van der Waals surface area (Å²) in [5.41, 5.74) is 2.20. The third kappa shape index (κ3) is 5.92. The van der Waals surface area contributed by atoms with Crippen LogP contribution in [0.1, 0.15) is 11.1 Å². The second-order valence-corrected chi connectivity index (χ2v) is 7.04. The zero-order chi connectivity index (χ0) is 19.8. The van der Waals surface area contributed by atoms with Gasteiger partial charge in [-0.25, -0.2) is 9.37 Å². The highest BCUT2D eigenvalue weighted by molar-refractivity contribution is 5.79. The molecule has 0 amide bonds. The van der Waals surface area contributed by atoms with E-state index in [0.29, 0.717) is 6.54 Å². The molecule has 1 aliphatic heterocycles. The molecular formula is C21H29FN6. The molecule has 0 atom stereocenters. The Morgan fingerprint density at radius 3 is 2.39 bits per heavy atom. The number of hydrogen-bond donors (Lipinski definition) is 2. The average molecular weight is 385 g/mol. The lowest BCUT2D eigenvalue weighted by Crippen LogP contribution is -2.44. The molecule has 2 aromatic rings. The number of hydrogen-bond acceptors (Lipinski definition) is 4. The van der Waals surface area contributed by atoms with E-state index in [9.17, 15) is 4.39 Å². The van der Waals surface area contributed by atoms with Gasteiger partial charge in [-0.05, 0) is 42.8 Å². The molecule has 1 aliphatic rings. The smallest absolute Gasteiger partial charge is 0.191 e. The van der Waals surface area contributed by atoms with Crippen LogP contribution in [0, 0.1) is 5.82 Å². The molecule has 0 unspecified atom stereocenters. The van der Waals surface area contributed by atoms with Crippen LogP contribution >= 0.6 is 0 Å². The Morgan fingerprint density at radius 1 is 1.04 bits per heavy atom. The number of aliphatic imine (C=N–C) groups is 1. The molecule has 0 bridgehead atoms. The van der Waals surface area contributed by atoms with Crippen LogP contribution in [0.25, 0.3) is 0 Å². The molecule has 1 saturated heterocycles. The van der Waals surface area contributed by atoms with E-state index in [1.807, 2.05) is 6.20 Å². The zero-order valence-electron chi connectivity index (χ0n) is 16.7. The van der Waals surface area contributed by atoms with Gasteiger partial charge in [0.15, 0.2) is 5.96 Å². The highest BCUT2D eigenvalue weighted by Gasteiger charge is 2.14. The molecule has 7 heteroatoms. The number of guanidine groups is 1. The highest BCUT2D eigenvalue weighted by Crippen LogP contribution is 2.13. The van der Waals surface area contributed by atoms with Crippen LogP contribution in [0.15, 0.2) is 47.6 Å². The number of benzene rings is 1. The largest absolute Gasteiger partial charge is 0.356 e. The van der Waals surface area contributed by atoms with Gasteiger partial charge in [-0.15, -0.1) is 0 Å². The summed E-state index contributed by atoms with van der Waals surface area (Å²) in [6.45, 7) is 5.57.